The Morgan fingerprint density at radius 3 is 2.50 bits per heavy atom. The summed E-state index contributed by atoms with van der Waals surface area (Å²) in [6.07, 6.45) is 2.06. The van der Waals surface area contributed by atoms with Gasteiger partial charge in [-0.15, -0.1) is 0 Å². The average molecular weight is 426 g/mol. The minimum atomic E-state index is -0.0384. The molecule has 2 heterocycles. The van der Waals surface area contributed by atoms with E-state index in [0.29, 0.717) is 35.2 Å². The van der Waals surface area contributed by atoms with E-state index in [2.05, 4.69) is 34.0 Å². The van der Waals surface area contributed by atoms with Crippen molar-refractivity contribution in [1.82, 2.24) is 20.2 Å². The van der Waals surface area contributed by atoms with Gasteiger partial charge in [-0.1, -0.05) is 37.2 Å². The predicted octanol–water partition coefficient (Wildman–Crippen LogP) is 2.44. The molecule has 1 aliphatic carbocycles. The Kier molecular flexibility index (Phi) is 7.04. The average Bonchev–Trinajstić information content (AvgIpc) is 3.50. The fourth-order valence-corrected chi connectivity index (χ4v) is 3.84. The molecule has 1 saturated carbocycles. The zero-order valence-corrected chi connectivity index (χ0v) is 18.2. The van der Waals surface area contributed by atoms with Crippen LogP contribution in [0.25, 0.3) is 0 Å². The number of carbonyl (C=O) groups excluding carboxylic acids is 2. The monoisotopic (exact) mass is 425 g/mol. The normalized spacial score (nSPS) is 18.3. The third-order valence-electron chi connectivity index (χ3n) is 5.22. The number of nitrogens with one attached hydrogen (secondary N) is 1. The van der Waals surface area contributed by atoms with Crippen molar-refractivity contribution < 1.29 is 9.59 Å². The van der Waals surface area contributed by atoms with Crippen LogP contribution in [0.1, 0.15) is 33.6 Å². The van der Waals surface area contributed by atoms with E-state index >= 15 is 0 Å². The second-order valence-electron chi connectivity index (χ2n) is 7.81. The molecule has 1 saturated heterocycles. The van der Waals surface area contributed by atoms with E-state index in [1.807, 2.05) is 11.8 Å². The van der Waals surface area contributed by atoms with Gasteiger partial charge in [-0.25, -0.2) is 9.97 Å². The molecular formula is C19H28ClN5O2S. The molecule has 28 heavy (non-hydrogen) atoms. The van der Waals surface area contributed by atoms with Crippen LogP contribution in [-0.4, -0.2) is 64.7 Å². The van der Waals surface area contributed by atoms with E-state index in [1.54, 1.807) is 6.07 Å². The van der Waals surface area contributed by atoms with Gasteiger partial charge in [0.2, 0.25) is 11.8 Å². The van der Waals surface area contributed by atoms with Gasteiger partial charge in [0, 0.05) is 44.2 Å². The van der Waals surface area contributed by atoms with Crippen molar-refractivity contribution in [3.8, 4) is 0 Å². The lowest BCUT2D eigenvalue weighted by molar-refractivity contribution is -0.132. The van der Waals surface area contributed by atoms with Gasteiger partial charge in [0.05, 0.1) is 5.75 Å². The lowest BCUT2D eigenvalue weighted by Gasteiger charge is -2.35. The number of hydrogen-bond acceptors (Lipinski definition) is 6. The molecule has 0 aromatic carbocycles. The second kappa shape index (κ2) is 9.31. The summed E-state index contributed by atoms with van der Waals surface area (Å²) in [6.45, 7) is 8.99. The van der Waals surface area contributed by atoms with Gasteiger partial charge in [-0.05, 0) is 25.7 Å². The van der Waals surface area contributed by atoms with E-state index in [1.165, 1.54) is 11.8 Å². The Morgan fingerprint density at radius 1 is 1.21 bits per heavy atom. The Morgan fingerprint density at radius 2 is 1.89 bits per heavy atom. The van der Waals surface area contributed by atoms with E-state index in [0.717, 1.165) is 31.7 Å². The topological polar surface area (TPSA) is 78.4 Å². The highest BCUT2D eigenvalue weighted by Gasteiger charge is 2.34. The summed E-state index contributed by atoms with van der Waals surface area (Å²) in [4.78, 5) is 37.2. The number of carbonyl (C=O) groups is 2. The first-order valence-corrected chi connectivity index (χ1v) is 11.2. The Balaban J connectivity index is 1.54. The molecule has 0 radical (unpaired) electrons. The van der Waals surface area contributed by atoms with Crippen LogP contribution >= 0.6 is 23.4 Å². The Labute approximate surface area is 175 Å². The third-order valence-corrected chi connectivity index (χ3v) is 6.26. The van der Waals surface area contributed by atoms with Crippen molar-refractivity contribution in [3.05, 3.63) is 11.2 Å². The molecule has 0 bridgehead atoms. The smallest absolute Gasteiger partial charge is 0.230 e. The zero-order valence-electron chi connectivity index (χ0n) is 16.7. The van der Waals surface area contributed by atoms with E-state index in [4.69, 9.17) is 11.6 Å². The first kappa shape index (κ1) is 21.2. The molecule has 1 aromatic heterocycles. The molecular weight excluding hydrogens is 398 g/mol. The summed E-state index contributed by atoms with van der Waals surface area (Å²) in [5, 5.41) is 3.83. The molecule has 1 N–H and O–H groups in total. The highest BCUT2D eigenvalue weighted by Crippen LogP contribution is 2.31. The van der Waals surface area contributed by atoms with Crippen LogP contribution in [0.15, 0.2) is 11.2 Å². The summed E-state index contributed by atoms with van der Waals surface area (Å²) in [6, 6.07) is 1.86. The maximum absolute atomic E-state index is 12.2. The quantitative estimate of drug-likeness (QED) is 0.410. The number of amides is 2. The minimum Gasteiger partial charge on any atom is -0.353 e. The van der Waals surface area contributed by atoms with Crippen LogP contribution in [0.3, 0.4) is 0 Å². The molecule has 2 fully saturated rings. The van der Waals surface area contributed by atoms with Crippen LogP contribution in [-0.2, 0) is 9.59 Å². The molecule has 7 nitrogen and oxygen atoms in total. The standard InChI is InChI=1S/C19H28ClN5O2S/c1-12(2)13(3)21-17(26)11-28-19-22-15(20)10-16(23-19)24-6-8-25(9-7-24)18(27)14-4-5-14/h10,12-14H,4-9,11H2,1-3H3,(H,21,26). The summed E-state index contributed by atoms with van der Waals surface area (Å²) in [5.41, 5.74) is 0. The molecule has 1 aromatic rings. The number of rotatable bonds is 7. The molecule has 1 aliphatic heterocycles. The van der Waals surface area contributed by atoms with Crippen LogP contribution in [0.4, 0.5) is 5.82 Å². The minimum absolute atomic E-state index is 0.0384. The van der Waals surface area contributed by atoms with Gasteiger partial charge in [-0.2, -0.15) is 0 Å². The van der Waals surface area contributed by atoms with Gasteiger partial charge >= 0.3 is 0 Å². The van der Waals surface area contributed by atoms with Gasteiger partial charge in [0.15, 0.2) is 5.16 Å². The molecule has 2 amide bonds. The zero-order chi connectivity index (χ0) is 20.3. The number of aromatic nitrogens is 2. The van der Waals surface area contributed by atoms with Gasteiger partial charge in [0.1, 0.15) is 11.0 Å². The fourth-order valence-electron chi connectivity index (χ4n) is 2.95. The number of anilines is 1. The van der Waals surface area contributed by atoms with Crippen molar-refractivity contribution in [2.45, 2.75) is 44.8 Å². The van der Waals surface area contributed by atoms with Gasteiger partial charge in [-0.3, -0.25) is 9.59 Å². The van der Waals surface area contributed by atoms with E-state index in [-0.39, 0.29) is 23.6 Å². The van der Waals surface area contributed by atoms with Crippen molar-refractivity contribution >= 4 is 41.0 Å². The number of hydrogen-bond donors (Lipinski definition) is 1. The maximum atomic E-state index is 12.2. The Hall–Kier alpha value is -1.54. The summed E-state index contributed by atoms with van der Waals surface area (Å²) in [5.74, 6) is 1.89. The summed E-state index contributed by atoms with van der Waals surface area (Å²) >= 11 is 7.47. The largest absolute Gasteiger partial charge is 0.353 e. The highest BCUT2D eigenvalue weighted by molar-refractivity contribution is 7.99. The summed E-state index contributed by atoms with van der Waals surface area (Å²) < 4.78 is 0. The lowest BCUT2D eigenvalue weighted by Crippen LogP contribution is -2.49. The van der Waals surface area contributed by atoms with Gasteiger partial charge in [0.25, 0.3) is 0 Å². The molecule has 3 rings (SSSR count). The number of thioether (sulfide) groups is 1. The van der Waals surface area contributed by atoms with Crippen LogP contribution in [0.5, 0.6) is 0 Å². The van der Waals surface area contributed by atoms with Crippen molar-refractivity contribution in [2.24, 2.45) is 11.8 Å². The first-order chi connectivity index (χ1) is 13.3. The highest BCUT2D eigenvalue weighted by atomic mass is 35.5. The van der Waals surface area contributed by atoms with Crippen LogP contribution in [0, 0.1) is 11.8 Å². The van der Waals surface area contributed by atoms with Crippen molar-refractivity contribution in [2.75, 3.05) is 36.8 Å². The molecule has 0 spiro atoms. The number of piperazine rings is 1. The fraction of sp³-hybridized carbons (Fsp3) is 0.684. The number of halogens is 1. The van der Waals surface area contributed by atoms with Crippen LogP contribution < -0.4 is 10.2 Å². The molecule has 9 heteroatoms. The summed E-state index contributed by atoms with van der Waals surface area (Å²) in [7, 11) is 0. The SMILES string of the molecule is CC(C)C(C)NC(=O)CSc1nc(Cl)cc(N2CCN(C(=O)C3CC3)CC2)n1. The predicted molar refractivity (Wildman–Crippen MR) is 112 cm³/mol. The molecule has 2 aliphatic rings. The lowest BCUT2D eigenvalue weighted by atomic mass is 10.1. The Bertz CT molecular complexity index is 720. The van der Waals surface area contributed by atoms with Crippen molar-refractivity contribution in [3.63, 3.8) is 0 Å². The molecule has 1 atom stereocenters. The van der Waals surface area contributed by atoms with E-state index in [9.17, 15) is 9.59 Å². The van der Waals surface area contributed by atoms with E-state index < -0.39 is 0 Å². The maximum Gasteiger partial charge on any atom is 0.230 e. The first-order valence-electron chi connectivity index (χ1n) is 9.84. The molecule has 1 unspecified atom stereocenters. The van der Waals surface area contributed by atoms with Crippen molar-refractivity contribution in [1.29, 1.82) is 0 Å². The second-order valence-corrected chi connectivity index (χ2v) is 9.14. The van der Waals surface area contributed by atoms with Gasteiger partial charge < -0.3 is 15.1 Å². The molecule has 154 valence electrons. The van der Waals surface area contributed by atoms with Crippen LogP contribution in [0.2, 0.25) is 5.15 Å². The number of nitrogens with zero attached hydrogens (tertiary/aromatic N) is 4. The third kappa shape index (κ3) is 5.73.